The van der Waals surface area contributed by atoms with Gasteiger partial charge in [-0.2, -0.15) is 0 Å². The number of anilines is 1. The number of rotatable bonds is 4. The average Bonchev–Trinajstić information content (AvgIpc) is 2.72. The maximum atomic E-state index is 13.2. The summed E-state index contributed by atoms with van der Waals surface area (Å²) in [5.41, 5.74) is 3.95. The molecule has 1 aliphatic heterocycles. The second-order valence-electron chi connectivity index (χ2n) is 8.87. The SMILES string of the molecule is Cc1ccc2c(c1)N(CC(=O)NC(C)(C)C)C(=O)C(Br)CC2Cc1ccccc1. The third kappa shape index (κ3) is 5.47. The Balaban J connectivity index is 1.98. The van der Waals surface area contributed by atoms with Gasteiger partial charge in [0.05, 0.1) is 4.83 Å². The van der Waals surface area contributed by atoms with Crippen molar-refractivity contribution in [1.29, 1.82) is 0 Å². The average molecular weight is 457 g/mol. The normalized spacial score (nSPS) is 19.5. The Morgan fingerprint density at radius 3 is 2.52 bits per heavy atom. The molecule has 3 rings (SSSR count). The highest BCUT2D eigenvalue weighted by molar-refractivity contribution is 9.10. The van der Waals surface area contributed by atoms with E-state index in [9.17, 15) is 9.59 Å². The molecule has 0 fully saturated rings. The number of carbonyl (C=O) groups is 2. The molecule has 5 heteroatoms. The van der Waals surface area contributed by atoms with Gasteiger partial charge in [-0.3, -0.25) is 9.59 Å². The van der Waals surface area contributed by atoms with E-state index in [4.69, 9.17) is 0 Å². The number of fused-ring (bicyclic) bond motifs is 1. The number of amides is 2. The minimum Gasteiger partial charge on any atom is -0.350 e. The molecule has 0 saturated carbocycles. The van der Waals surface area contributed by atoms with Gasteiger partial charge in [0.25, 0.3) is 0 Å². The van der Waals surface area contributed by atoms with Crippen molar-refractivity contribution in [1.82, 2.24) is 5.32 Å². The highest BCUT2D eigenvalue weighted by Crippen LogP contribution is 2.39. The van der Waals surface area contributed by atoms with E-state index in [1.807, 2.05) is 52.0 Å². The summed E-state index contributed by atoms with van der Waals surface area (Å²) in [7, 11) is 0. The number of aryl methyl sites for hydroxylation is 1. The molecule has 1 N–H and O–H groups in total. The van der Waals surface area contributed by atoms with E-state index in [2.05, 4.69) is 45.5 Å². The van der Waals surface area contributed by atoms with Crippen LogP contribution in [0.3, 0.4) is 0 Å². The molecule has 0 aliphatic carbocycles. The van der Waals surface area contributed by atoms with Crippen molar-refractivity contribution in [2.45, 2.75) is 56.8 Å². The second-order valence-corrected chi connectivity index (χ2v) is 9.98. The van der Waals surface area contributed by atoms with Gasteiger partial charge < -0.3 is 10.2 Å². The molecule has 0 spiro atoms. The predicted octanol–water partition coefficient (Wildman–Crippen LogP) is 4.74. The molecule has 2 amide bonds. The van der Waals surface area contributed by atoms with Crippen LogP contribution in [0.4, 0.5) is 5.69 Å². The van der Waals surface area contributed by atoms with Crippen LogP contribution in [0.15, 0.2) is 48.5 Å². The number of halogens is 1. The van der Waals surface area contributed by atoms with Crippen LogP contribution < -0.4 is 10.2 Å². The zero-order valence-corrected chi connectivity index (χ0v) is 19.1. The van der Waals surface area contributed by atoms with Gasteiger partial charge in [-0.25, -0.2) is 0 Å². The number of nitrogens with one attached hydrogen (secondary N) is 1. The standard InChI is InChI=1S/C24H29BrN2O2/c1-16-10-11-19-18(13-17-8-6-5-7-9-17)14-20(25)23(29)27(21(19)12-16)15-22(28)26-24(2,3)4/h5-12,18,20H,13-15H2,1-4H3,(H,26,28). The summed E-state index contributed by atoms with van der Waals surface area (Å²) in [5.74, 6) is -0.0204. The number of hydrogen-bond donors (Lipinski definition) is 1. The first kappa shape index (κ1) is 21.6. The fraction of sp³-hybridized carbons (Fsp3) is 0.417. The van der Waals surface area contributed by atoms with Gasteiger partial charge in [0.15, 0.2) is 0 Å². The lowest BCUT2D eigenvalue weighted by Crippen LogP contribution is -2.48. The van der Waals surface area contributed by atoms with Crippen LogP contribution in [0.25, 0.3) is 0 Å². The lowest BCUT2D eigenvalue weighted by Gasteiger charge is -2.27. The molecule has 0 saturated heterocycles. The first-order chi connectivity index (χ1) is 13.6. The maximum Gasteiger partial charge on any atom is 0.241 e. The van der Waals surface area contributed by atoms with Crippen LogP contribution in [-0.4, -0.2) is 28.7 Å². The van der Waals surface area contributed by atoms with Crippen molar-refractivity contribution in [3.05, 3.63) is 65.2 Å². The Morgan fingerprint density at radius 1 is 1.17 bits per heavy atom. The summed E-state index contributed by atoms with van der Waals surface area (Å²) in [6, 6.07) is 16.6. The van der Waals surface area contributed by atoms with E-state index < -0.39 is 0 Å². The number of nitrogens with zero attached hydrogens (tertiary/aromatic N) is 1. The number of hydrogen-bond acceptors (Lipinski definition) is 2. The van der Waals surface area contributed by atoms with E-state index in [1.165, 1.54) is 5.56 Å². The third-order valence-corrected chi connectivity index (χ3v) is 5.85. The summed E-state index contributed by atoms with van der Waals surface area (Å²) >= 11 is 3.60. The van der Waals surface area contributed by atoms with Crippen LogP contribution in [0.1, 0.15) is 49.8 Å². The fourth-order valence-electron chi connectivity index (χ4n) is 3.85. The lowest BCUT2D eigenvalue weighted by molar-refractivity contribution is -0.124. The zero-order chi connectivity index (χ0) is 21.2. The van der Waals surface area contributed by atoms with E-state index >= 15 is 0 Å². The number of carbonyl (C=O) groups excluding carboxylic acids is 2. The fourth-order valence-corrected chi connectivity index (χ4v) is 4.55. The largest absolute Gasteiger partial charge is 0.350 e. The van der Waals surface area contributed by atoms with E-state index in [0.717, 1.165) is 23.2 Å². The van der Waals surface area contributed by atoms with Crippen molar-refractivity contribution in [2.24, 2.45) is 0 Å². The Morgan fingerprint density at radius 2 is 1.86 bits per heavy atom. The molecule has 29 heavy (non-hydrogen) atoms. The minimum atomic E-state index is -0.342. The molecule has 1 heterocycles. The molecule has 0 radical (unpaired) electrons. The quantitative estimate of drug-likeness (QED) is 0.675. The van der Waals surface area contributed by atoms with E-state index in [0.29, 0.717) is 6.42 Å². The summed E-state index contributed by atoms with van der Waals surface area (Å²) < 4.78 is 0. The number of alkyl halides is 1. The monoisotopic (exact) mass is 456 g/mol. The minimum absolute atomic E-state index is 0.0205. The van der Waals surface area contributed by atoms with Crippen molar-refractivity contribution >= 4 is 33.4 Å². The molecule has 154 valence electrons. The molecule has 1 aliphatic rings. The second kappa shape index (κ2) is 8.70. The topological polar surface area (TPSA) is 49.4 Å². The van der Waals surface area contributed by atoms with Crippen molar-refractivity contribution < 1.29 is 9.59 Å². The highest BCUT2D eigenvalue weighted by atomic mass is 79.9. The first-order valence-electron chi connectivity index (χ1n) is 10.0. The molecule has 4 nitrogen and oxygen atoms in total. The van der Waals surface area contributed by atoms with E-state index in [1.54, 1.807) is 4.90 Å². The lowest BCUT2D eigenvalue weighted by atomic mass is 9.87. The molecular weight excluding hydrogens is 428 g/mol. The Labute approximate surface area is 181 Å². The Bertz CT molecular complexity index is 889. The van der Waals surface area contributed by atoms with Crippen molar-refractivity contribution in [2.75, 3.05) is 11.4 Å². The summed E-state index contributed by atoms with van der Waals surface area (Å²) in [5, 5.41) is 2.97. The Kier molecular flexibility index (Phi) is 6.47. The predicted molar refractivity (Wildman–Crippen MR) is 122 cm³/mol. The molecule has 0 aromatic heterocycles. The van der Waals surface area contributed by atoms with Crippen LogP contribution in [-0.2, 0) is 16.0 Å². The molecule has 0 bridgehead atoms. The maximum absolute atomic E-state index is 13.2. The van der Waals surface area contributed by atoms with Gasteiger partial charge in [-0.15, -0.1) is 0 Å². The molecule has 2 unspecified atom stereocenters. The number of benzene rings is 2. The van der Waals surface area contributed by atoms with Crippen LogP contribution in [0.5, 0.6) is 0 Å². The summed E-state index contributed by atoms with van der Waals surface area (Å²) in [6.45, 7) is 7.86. The highest BCUT2D eigenvalue weighted by Gasteiger charge is 2.35. The van der Waals surface area contributed by atoms with E-state index in [-0.39, 0.29) is 34.6 Å². The summed E-state index contributed by atoms with van der Waals surface area (Å²) in [6.07, 6.45) is 1.55. The van der Waals surface area contributed by atoms with Crippen molar-refractivity contribution in [3.8, 4) is 0 Å². The molecule has 2 atom stereocenters. The molecular formula is C24H29BrN2O2. The van der Waals surface area contributed by atoms with Crippen LogP contribution >= 0.6 is 15.9 Å². The van der Waals surface area contributed by atoms with Gasteiger partial charge in [0.1, 0.15) is 6.54 Å². The van der Waals surface area contributed by atoms with Crippen LogP contribution in [0, 0.1) is 6.92 Å². The van der Waals surface area contributed by atoms with Gasteiger partial charge in [-0.05, 0) is 69.2 Å². The molecule has 2 aromatic rings. The summed E-state index contributed by atoms with van der Waals surface area (Å²) in [4.78, 5) is 27.2. The van der Waals surface area contributed by atoms with Crippen LogP contribution in [0.2, 0.25) is 0 Å². The third-order valence-electron chi connectivity index (χ3n) is 5.08. The van der Waals surface area contributed by atoms with Gasteiger partial charge >= 0.3 is 0 Å². The Hall–Kier alpha value is -2.14. The first-order valence-corrected chi connectivity index (χ1v) is 11.0. The van der Waals surface area contributed by atoms with Crippen molar-refractivity contribution in [3.63, 3.8) is 0 Å². The van der Waals surface area contributed by atoms with Gasteiger partial charge in [0.2, 0.25) is 11.8 Å². The van der Waals surface area contributed by atoms with Gasteiger partial charge in [0, 0.05) is 11.2 Å². The molecule has 2 aromatic carbocycles. The van der Waals surface area contributed by atoms with Gasteiger partial charge in [-0.1, -0.05) is 58.4 Å². The zero-order valence-electron chi connectivity index (χ0n) is 17.5. The smallest absolute Gasteiger partial charge is 0.241 e.